The summed E-state index contributed by atoms with van der Waals surface area (Å²) < 4.78 is 55.4. The van der Waals surface area contributed by atoms with Gasteiger partial charge in [0.05, 0.1) is 15.5 Å². The number of sulfone groups is 2. The molecule has 1 saturated carbocycles. The van der Waals surface area contributed by atoms with Crippen LogP contribution in [0.5, 0.6) is 0 Å². The number of ether oxygens (including phenoxy) is 1. The van der Waals surface area contributed by atoms with Gasteiger partial charge in [-0.25, -0.2) is 21.6 Å². The molecular weight excluding hydrogens is 438 g/mol. The fourth-order valence-corrected chi connectivity index (χ4v) is 7.13. The summed E-state index contributed by atoms with van der Waals surface area (Å²) in [6.45, 7) is 12.8. The third-order valence-electron chi connectivity index (χ3n) is 6.54. The second-order valence-electron chi connectivity index (χ2n) is 10.4. The normalized spacial score (nSPS) is 24.1. The second-order valence-corrected chi connectivity index (χ2v) is 14.4. The molecule has 0 radical (unpaired) electrons. The molecule has 1 fully saturated rings. The maximum absolute atomic E-state index is 13.1. The SMILES string of the molecule is Cc1cc(S(=O)(=O)C[C@H]2CC[C@@](C)(NC(=O)OC(C)(C)C)C2(C)C)ccc1S(C)(=O)=O. The monoisotopic (exact) mass is 473 g/mol. The first-order valence-electron chi connectivity index (χ1n) is 10.3. The Morgan fingerprint density at radius 2 is 1.74 bits per heavy atom. The zero-order chi connectivity index (χ0) is 24.0. The van der Waals surface area contributed by atoms with E-state index < -0.39 is 42.3 Å². The first kappa shape index (κ1) is 25.6. The quantitative estimate of drug-likeness (QED) is 0.695. The zero-order valence-electron chi connectivity index (χ0n) is 19.7. The highest BCUT2D eigenvalue weighted by molar-refractivity contribution is 7.91. The number of aryl methyl sites for hydroxylation is 1. The van der Waals surface area contributed by atoms with Crippen molar-refractivity contribution in [3.63, 3.8) is 0 Å². The number of carbonyl (C=O) groups excluding carboxylic acids is 1. The molecule has 1 aromatic carbocycles. The van der Waals surface area contributed by atoms with Gasteiger partial charge in [-0.1, -0.05) is 13.8 Å². The average molecular weight is 474 g/mol. The van der Waals surface area contributed by atoms with Gasteiger partial charge in [0, 0.05) is 11.8 Å². The molecule has 1 N–H and O–H groups in total. The number of hydrogen-bond donors (Lipinski definition) is 1. The van der Waals surface area contributed by atoms with Crippen molar-refractivity contribution in [3.05, 3.63) is 23.8 Å². The van der Waals surface area contributed by atoms with Crippen molar-refractivity contribution in [1.29, 1.82) is 0 Å². The van der Waals surface area contributed by atoms with Crippen LogP contribution in [0.15, 0.2) is 28.0 Å². The summed E-state index contributed by atoms with van der Waals surface area (Å²) in [5.41, 5.74) is -1.34. The van der Waals surface area contributed by atoms with E-state index in [0.717, 1.165) is 6.26 Å². The molecule has 0 unspecified atom stereocenters. The molecule has 0 aliphatic heterocycles. The van der Waals surface area contributed by atoms with E-state index in [0.29, 0.717) is 18.4 Å². The van der Waals surface area contributed by atoms with E-state index in [-0.39, 0.29) is 21.5 Å². The minimum Gasteiger partial charge on any atom is -0.444 e. The molecule has 0 aromatic heterocycles. The standard InChI is InChI=1S/C22H35NO6S2/c1-15-13-17(9-10-18(15)30(8,25)26)31(27,28)14-16-11-12-22(7,21(16,5)6)23-19(24)29-20(2,3)4/h9-10,13,16H,11-12,14H2,1-8H3,(H,23,24)/t16-,22-/m1/s1. The third-order valence-corrected chi connectivity index (χ3v) is 9.61. The van der Waals surface area contributed by atoms with E-state index >= 15 is 0 Å². The first-order valence-corrected chi connectivity index (χ1v) is 13.9. The lowest BCUT2D eigenvalue weighted by Gasteiger charge is -2.42. The number of rotatable bonds is 5. The van der Waals surface area contributed by atoms with Crippen LogP contribution >= 0.6 is 0 Å². The van der Waals surface area contributed by atoms with E-state index in [1.165, 1.54) is 18.2 Å². The summed E-state index contributed by atoms with van der Waals surface area (Å²) in [4.78, 5) is 12.6. The van der Waals surface area contributed by atoms with Crippen molar-refractivity contribution in [2.75, 3.05) is 12.0 Å². The Morgan fingerprint density at radius 3 is 2.23 bits per heavy atom. The second kappa shape index (κ2) is 8.06. The fourth-order valence-electron chi connectivity index (χ4n) is 4.23. The van der Waals surface area contributed by atoms with Crippen LogP contribution in [0.1, 0.15) is 59.9 Å². The molecule has 7 nitrogen and oxygen atoms in total. The van der Waals surface area contributed by atoms with Crippen LogP contribution in [0.25, 0.3) is 0 Å². The highest BCUT2D eigenvalue weighted by Gasteiger charge is 2.53. The Balaban J connectivity index is 2.25. The van der Waals surface area contributed by atoms with Gasteiger partial charge in [0.25, 0.3) is 0 Å². The maximum Gasteiger partial charge on any atom is 0.408 e. The molecule has 31 heavy (non-hydrogen) atoms. The molecule has 1 amide bonds. The number of alkyl carbamates (subject to hydrolysis) is 1. The summed E-state index contributed by atoms with van der Waals surface area (Å²) in [6.07, 6.45) is 1.85. The number of carbonyl (C=O) groups is 1. The molecule has 0 saturated heterocycles. The highest BCUT2D eigenvalue weighted by atomic mass is 32.2. The van der Waals surface area contributed by atoms with Gasteiger partial charge < -0.3 is 10.1 Å². The molecule has 2 atom stereocenters. The van der Waals surface area contributed by atoms with E-state index in [9.17, 15) is 21.6 Å². The summed E-state index contributed by atoms with van der Waals surface area (Å²) in [5, 5.41) is 2.97. The van der Waals surface area contributed by atoms with Gasteiger partial charge in [0.1, 0.15) is 5.60 Å². The van der Waals surface area contributed by atoms with Crippen LogP contribution in [0.4, 0.5) is 4.79 Å². The van der Waals surface area contributed by atoms with Crippen LogP contribution in [-0.2, 0) is 24.4 Å². The molecule has 1 aliphatic rings. The highest BCUT2D eigenvalue weighted by Crippen LogP contribution is 2.51. The molecule has 0 bridgehead atoms. The predicted molar refractivity (Wildman–Crippen MR) is 121 cm³/mol. The van der Waals surface area contributed by atoms with Crippen molar-refractivity contribution in [2.45, 2.75) is 82.2 Å². The minimum atomic E-state index is -3.65. The number of amides is 1. The number of nitrogens with one attached hydrogen (secondary N) is 1. The third kappa shape index (κ3) is 5.61. The van der Waals surface area contributed by atoms with Crippen molar-refractivity contribution < 1.29 is 26.4 Å². The van der Waals surface area contributed by atoms with Crippen LogP contribution in [0.3, 0.4) is 0 Å². The van der Waals surface area contributed by atoms with E-state index in [4.69, 9.17) is 4.74 Å². The van der Waals surface area contributed by atoms with Gasteiger partial charge >= 0.3 is 6.09 Å². The summed E-state index contributed by atoms with van der Waals surface area (Å²) >= 11 is 0. The van der Waals surface area contributed by atoms with Gasteiger partial charge in [-0.05, 0) is 82.6 Å². The van der Waals surface area contributed by atoms with Crippen molar-refractivity contribution >= 4 is 25.8 Å². The van der Waals surface area contributed by atoms with Gasteiger partial charge in [0.2, 0.25) is 0 Å². The fraction of sp³-hybridized carbons (Fsp3) is 0.682. The molecule has 1 aromatic rings. The summed E-state index contributed by atoms with van der Waals surface area (Å²) in [6, 6.07) is 4.14. The van der Waals surface area contributed by atoms with E-state index in [2.05, 4.69) is 5.32 Å². The van der Waals surface area contributed by atoms with Crippen LogP contribution in [0, 0.1) is 18.3 Å². The smallest absolute Gasteiger partial charge is 0.408 e. The summed E-state index contributed by atoms with van der Waals surface area (Å²) in [5.74, 6) is -0.268. The first-order chi connectivity index (χ1) is 13.8. The molecule has 9 heteroatoms. The van der Waals surface area contributed by atoms with Crippen LogP contribution in [-0.4, -0.2) is 46.1 Å². The predicted octanol–water partition coefficient (Wildman–Crippen LogP) is 3.89. The molecular formula is C22H35NO6S2. The number of benzene rings is 1. The molecule has 0 heterocycles. The topological polar surface area (TPSA) is 107 Å². The number of hydrogen-bond acceptors (Lipinski definition) is 6. The van der Waals surface area contributed by atoms with Gasteiger partial charge in [-0.2, -0.15) is 0 Å². The van der Waals surface area contributed by atoms with Crippen molar-refractivity contribution in [2.24, 2.45) is 11.3 Å². The Labute approximate surface area is 186 Å². The Hall–Kier alpha value is -1.61. The van der Waals surface area contributed by atoms with Crippen molar-refractivity contribution in [3.8, 4) is 0 Å². The molecule has 176 valence electrons. The van der Waals surface area contributed by atoms with Gasteiger partial charge in [0.15, 0.2) is 19.7 Å². The van der Waals surface area contributed by atoms with Gasteiger partial charge in [-0.15, -0.1) is 0 Å². The zero-order valence-corrected chi connectivity index (χ0v) is 21.3. The summed E-state index contributed by atoms with van der Waals surface area (Å²) in [7, 11) is -7.07. The largest absolute Gasteiger partial charge is 0.444 e. The van der Waals surface area contributed by atoms with Crippen LogP contribution < -0.4 is 5.32 Å². The Bertz CT molecular complexity index is 1070. The average Bonchev–Trinajstić information content (AvgIpc) is 2.74. The molecule has 2 rings (SSSR count). The van der Waals surface area contributed by atoms with E-state index in [1.807, 2.05) is 20.8 Å². The van der Waals surface area contributed by atoms with E-state index in [1.54, 1.807) is 27.7 Å². The van der Waals surface area contributed by atoms with Crippen molar-refractivity contribution in [1.82, 2.24) is 5.32 Å². The lowest BCUT2D eigenvalue weighted by atomic mass is 9.72. The Kier molecular flexibility index (Phi) is 6.67. The van der Waals surface area contributed by atoms with Gasteiger partial charge in [-0.3, -0.25) is 0 Å². The molecule has 1 aliphatic carbocycles. The lowest BCUT2D eigenvalue weighted by molar-refractivity contribution is 0.0360. The molecule has 0 spiro atoms. The minimum absolute atomic E-state index is 0.0801. The Morgan fingerprint density at radius 1 is 1.16 bits per heavy atom. The maximum atomic E-state index is 13.1. The lowest BCUT2D eigenvalue weighted by Crippen LogP contribution is -2.55. The van der Waals surface area contributed by atoms with Crippen LogP contribution in [0.2, 0.25) is 0 Å².